The first-order chi connectivity index (χ1) is 6.45. The number of hydrogen-bond acceptors (Lipinski definition) is 2. The fourth-order valence-electron chi connectivity index (χ4n) is 0.951. The van der Waals surface area contributed by atoms with Gasteiger partial charge in [0.25, 0.3) is 0 Å². The number of carboxylic acids is 1. The molecule has 0 fully saturated rings. The highest BCUT2D eigenvalue weighted by Crippen LogP contribution is 2.09. The van der Waals surface area contributed by atoms with Crippen LogP contribution >= 0.6 is 0 Å². The van der Waals surface area contributed by atoms with Crippen LogP contribution in [-0.2, 0) is 9.59 Å². The molecule has 0 aromatic rings. The quantitative estimate of drug-likeness (QED) is 0.515. The number of carbonyl (C=O) groups excluding carboxylic acids is 1. The van der Waals surface area contributed by atoms with Crippen molar-refractivity contribution in [2.24, 2.45) is 5.92 Å². The normalized spacial score (nSPS) is 13.1. The van der Waals surface area contributed by atoms with Crippen molar-refractivity contribution >= 4 is 11.9 Å². The zero-order valence-electron chi connectivity index (χ0n) is 8.41. The van der Waals surface area contributed by atoms with E-state index in [0.29, 0.717) is 12.1 Å². The lowest BCUT2D eigenvalue weighted by Gasteiger charge is -2.10. The average molecular weight is 197 g/mol. The van der Waals surface area contributed by atoms with Crippen molar-refractivity contribution in [2.75, 3.05) is 0 Å². The van der Waals surface area contributed by atoms with Gasteiger partial charge in [-0.05, 0) is 12.3 Å². The molecule has 0 heterocycles. The molecule has 14 heavy (non-hydrogen) atoms. The number of amides is 1. The van der Waals surface area contributed by atoms with Gasteiger partial charge in [0, 0.05) is 18.7 Å². The number of aliphatic carboxylic acids is 1. The minimum Gasteiger partial charge on any atom is -0.478 e. The van der Waals surface area contributed by atoms with Crippen molar-refractivity contribution in [1.29, 1.82) is 0 Å². The number of hydrogen-bond donors (Lipinski definition) is 2. The summed E-state index contributed by atoms with van der Waals surface area (Å²) in [6.45, 7) is 6.82. The highest BCUT2D eigenvalue weighted by Gasteiger charge is 2.06. The highest BCUT2D eigenvalue weighted by atomic mass is 16.4. The first-order valence-electron chi connectivity index (χ1n) is 4.29. The third-order valence-electron chi connectivity index (χ3n) is 1.58. The molecule has 1 atom stereocenters. The standard InChI is InChI=1S/C10H15NO3/c1-4-7(2)5-9(6-10(13)14)11-8(3)12/h4,6-7H,1,5H2,2-3H3,(H,11,12)(H,13,14). The Kier molecular flexibility index (Phi) is 5.29. The topological polar surface area (TPSA) is 66.4 Å². The molecule has 4 nitrogen and oxygen atoms in total. The summed E-state index contributed by atoms with van der Waals surface area (Å²) in [5, 5.41) is 11.0. The molecule has 0 aliphatic rings. The Balaban J connectivity index is 4.47. The van der Waals surface area contributed by atoms with E-state index in [1.165, 1.54) is 6.92 Å². The van der Waals surface area contributed by atoms with E-state index in [1.54, 1.807) is 6.08 Å². The molecular formula is C10H15NO3. The molecule has 0 aliphatic heterocycles. The van der Waals surface area contributed by atoms with Gasteiger partial charge in [0.05, 0.1) is 0 Å². The second-order valence-corrected chi connectivity index (χ2v) is 3.11. The molecule has 0 saturated heterocycles. The number of allylic oxidation sites excluding steroid dienone is 2. The van der Waals surface area contributed by atoms with E-state index in [-0.39, 0.29) is 11.8 Å². The van der Waals surface area contributed by atoms with E-state index < -0.39 is 5.97 Å². The van der Waals surface area contributed by atoms with Crippen LogP contribution in [0, 0.1) is 5.92 Å². The van der Waals surface area contributed by atoms with Crippen LogP contribution < -0.4 is 5.32 Å². The van der Waals surface area contributed by atoms with Crippen LogP contribution in [0.2, 0.25) is 0 Å². The third-order valence-corrected chi connectivity index (χ3v) is 1.58. The van der Waals surface area contributed by atoms with Crippen LogP contribution in [-0.4, -0.2) is 17.0 Å². The molecule has 0 aliphatic carbocycles. The van der Waals surface area contributed by atoms with Gasteiger partial charge in [-0.1, -0.05) is 13.0 Å². The van der Waals surface area contributed by atoms with Gasteiger partial charge in [-0.2, -0.15) is 0 Å². The van der Waals surface area contributed by atoms with Crippen LogP contribution in [0.5, 0.6) is 0 Å². The fourth-order valence-corrected chi connectivity index (χ4v) is 0.951. The predicted octanol–water partition coefficient (Wildman–Crippen LogP) is 1.30. The molecule has 78 valence electrons. The Hall–Kier alpha value is -1.58. The van der Waals surface area contributed by atoms with Crippen LogP contribution in [0.25, 0.3) is 0 Å². The molecule has 0 radical (unpaired) electrons. The Morgan fingerprint density at radius 3 is 2.50 bits per heavy atom. The summed E-state index contributed by atoms with van der Waals surface area (Å²) < 4.78 is 0. The Bertz CT molecular complexity index is 269. The summed E-state index contributed by atoms with van der Waals surface area (Å²) >= 11 is 0. The van der Waals surface area contributed by atoms with Gasteiger partial charge >= 0.3 is 5.97 Å². The molecule has 0 aromatic heterocycles. The second kappa shape index (κ2) is 5.96. The number of carboxylic acid groups (broad SMARTS) is 1. The zero-order valence-corrected chi connectivity index (χ0v) is 8.41. The minimum absolute atomic E-state index is 0.132. The van der Waals surface area contributed by atoms with Crippen LogP contribution in [0.1, 0.15) is 20.3 Å². The van der Waals surface area contributed by atoms with Crippen molar-refractivity contribution in [1.82, 2.24) is 5.32 Å². The lowest BCUT2D eigenvalue weighted by molar-refractivity contribution is -0.131. The summed E-state index contributed by atoms with van der Waals surface area (Å²) in [5.74, 6) is -1.20. The van der Waals surface area contributed by atoms with Gasteiger partial charge in [-0.15, -0.1) is 6.58 Å². The maximum Gasteiger partial charge on any atom is 0.330 e. The van der Waals surface area contributed by atoms with E-state index in [9.17, 15) is 9.59 Å². The SMILES string of the molecule is C=CC(C)CC(=CC(=O)O)NC(C)=O. The molecule has 0 aromatic carbocycles. The predicted molar refractivity (Wildman–Crippen MR) is 53.5 cm³/mol. The summed E-state index contributed by atoms with van der Waals surface area (Å²) in [5.41, 5.74) is 0.400. The van der Waals surface area contributed by atoms with E-state index >= 15 is 0 Å². The van der Waals surface area contributed by atoms with Crippen molar-refractivity contribution in [3.05, 3.63) is 24.4 Å². The fraction of sp³-hybridized carbons (Fsp3) is 0.400. The van der Waals surface area contributed by atoms with E-state index in [4.69, 9.17) is 5.11 Å². The molecule has 2 N–H and O–H groups in total. The second-order valence-electron chi connectivity index (χ2n) is 3.11. The summed E-state index contributed by atoms with van der Waals surface area (Å²) in [6, 6.07) is 0. The number of rotatable bonds is 5. The molecule has 1 unspecified atom stereocenters. The lowest BCUT2D eigenvalue weighted by Crippen LogP contribution is -2.21. The van der Waals surface area contributed by atoms with Crippen molar-refractivity contribution < 1.29 is 14.7 Å². The maximum atomic E-state index is 10.7. The Morgan fingerprint density at radius 2 is 2.14 bits per heavy atom. The zero-order chi connectivity index (χ0) is 11.1. The van der Waals surface area contributed by atoms with Crippen LogP contribution in [0.3, 0.4) is 0 Å². The van der Waals surface area contributed by atoms with Gasteiger partial charge in [-0.3, -0.25) is 4.79 Å². The summed E-state index contributed by atoms with van der Waals surface area (Å²) in [4.78, 5) is 21.1. The van der Waals surface area contributed by atoms with Gasteiger partial charge in [0.15, 0.2) is 0 Å². The molecule has 1 amide bonds. The molecule has 0 saturated carbocycles. The highest BCUT2D eigenvalue weighted by molar-refractivity contribution is 5.83. The monoisotopic (exact) mass is 197 g/mol. The lowest BCUT2D eigenvalue weighted by atomic mass is 10.1. The van der Waals surface area contributed by atoms with Gasteiger partial charge < -0.3 is 10.4 Å². The third kappa shape index (κ3) is 5.99. The van der Waals surface area contributed by atoms with E-state index in [0.717, 1.165) is 6.08 Å². The van der Waals surface area contributed by atoms with Gasteiger partial charge in [0.1, 0.15) is 0 Å². The first kappa shape index (κ1) is 12.4. The molecule has 0 spiro atoms. The Morgan fingerprint density at radius 1 is 1.57 bits per heavy atom. The summed E-state index contributed by atoms with van der Waals surface area (Å²) in [6.07, 6.45) is 3.17. The van der Waals surface area contributed by atoms with Gasteiger partial charge in [0.2, 0.25) is 5.91 Å². The number of nitrogens with one attached hydrogen (secondary N) is 1. The van der Waals surface area contributed by atoms with E-state index in [1.807, 2.05) is 6.92 Å². The van der Waals surface area contributed by atoms with Crippen LogP contribution in [0.4, 0.5) is 0 Å². The van der Waals surface area contributed by atoms with Crippen molar-refractivity contribution in [2.45, 2.75) is 20.3 Å². The smallest absolute Gasteiger partial charge is 0.330 e. The average Bonchev–Trinajstić information content (AvgIpc) is 2.01. The van der Waals surface area contributed by atoms with Crippen LogP contribution in [0.15, 0.2) is 24.4 Å². The summed E-state index contributed by atoms with van der Waals surface area (Å²) in [7, 11) is 0. The maximum absolute atomic E-state index is 10.7. The largest absolute Gasteiger partial charge is 0.478 e. The van der Waals surface area contributed by atoms with E-state index in [2.05, 4.69) is 11.9 Å². The number of carbonyl (C=O) groups is 2. The molecular weight excluding hydrogens is 182 g/mol. The molecule has 0 bridgehead atoms. The van der Waals surface area contributed by atoms with Crippen molar-refractivity contribution in [3.8, 4) is 0 Å². The molecule has 4 heteroatoms. The molecule has 0 rings (SSSR count). The first-order valence-corrected chi connectivity index (χ1v) is 4.29. The van der Waals surface area contributed by atoms with Gasteiger partial charge in [-0.25, -0.2) is 4.79 Å². The van der Waals surface area contributed by atoms with Crippen molar-refractivity contribution in [3.63, 3.8) is 0 Å². The minimum atomic E-state index is -1.06. The Labute approximate surface area is 83.3 Å².